The average Bonchev–Trinajstić information content (AvgIpc) is 2.91. The highest BCUT2D eigenvalue weighted by Gasteiger charge is 2.10. The molecule has 1 heterocycles. The summed E-state index contributed by atoms with van der Waals surface area (Å²) in [4.78, 5) is 4.79. The molecule has 110 valence electrons. The summed E-state index contributed by atoms with van der Waals surface area (Å²) in [6, 6.07) is 18.3. The summed E-state index contributed by atoms with van der Waals surface area (Å²) in [5.74, 6) is 1.13. The van der Waals surface area contributed by atoms with Crippen LogP contribution in [0, 0.1) is 11.3 Å². The van der Waals surface area contributed by atoms with Gasteiger partial charge in [-0.15, -0.1) is 0 Å². The zero-order valence-electron chi connectivity index (χ0n) is 12.8. The minimum atomic E-state index is 0.706. The first-order valence-electron chi connectivity index (χ1n) is 7.75. The maximum Gasteiger partial charge on any atom is 0.110 e. The first kappa shape index (κ1) is 14.3. The van der Waals surface area contributed by atoms with Gasteiger partial charge in [0.25, 0.3) is 0 Å². The van der Waals surface area contributed by atoms with Crippen molar-refractivity contribution in [2.45, 2.75) is 32.7 Å². The number of benzene rings is 2. The fourth-order valence-electron chi connectivity index (χ4n) is 2.75. The third-order valence-corrected chi connectivity index (χ3v) is 3.88. The molecule has 0 saturated heterocycles. The molecule has 0 aliphatic carbocycles. The summed E-state index contributed by atoms with van der Waals surface area (Å²) < 4.78 is 2.28. The van der Waals surface area contributed by atoms with E-state index in [2.05, 4.69) is 41.8 Å². The van der Waals surface area contributed by atoms with Gasteiger partial charge in [0, 0.05) is 13.0 Å². The molecule has 0 aliphatic rings. The molecule has 0 amide bonds. The highest BCUT2D eigenvalue weighted by Crippen LogP contribution is 2.19. The van der Waals surface area contributed by atoms with Gasteiger partial charge >= 0.3 is 0 Å². The number of nitrogens with zero attached hydrogens (tertiary/aromatic N) is 3. The van der Waals surface area contributed by atoms with Gasteiger partial charge in [0.1, 0.15) is 5.82 Å². The SMILES string of the molecule is CCCCc1nc2ccccc2n1Cc1cccc(C#N)c1. The highest BCUT2D eigenvalue weighted by atomic mass is 15.1. The van der Waals surface area contributed by atoms with Gasteiger partial charge in [-0.25, -0.2) is 4.98 Å². The van der Waals surface area contributed by atoms with Crippen LogP contribution in [-0.2, 0) is 13.0 Å². The minimum Gasteiger partial charge on any atom is -0.323 e. The van der Waals surface area contributed by atoms with Gasteiger partial charge in [-0.05, 0) is 36.2 Å². The summed E-state index contributed by atoms with van der Waals surface area (Å²) >= 11 is 0. The lowest BCUT2D eigenvalue weighted by Crippen LogP contribution is -2.05. The van der Waals surface area contributed by atoms with E-state index in [4.69, 9.17) is 10.2 Å². The molecule has 1 aromatic heterocycles. The van der Waals surface area contributed by atoms with Gasteiger partial charge in [0.05, 0.1) is 22.7 Å². The molecule has 0 aliphatic heterocycles. The second-order valence-corrected chi connectivity index (χ2v) is 5.52. The van der Waals surface area contributed by atoms with E-state index in [0.717, 1.165) is 48.2 Å². The number of rotatable bonds is 5. The van der Waals surface area contributed by atoms with Crippen LogP contribution < -0.4 is 0 Å². The third-order valence-electron chi connectivity index (χ3n) is 3.88. The van der Waals surface area contributed by atoms with Gasteiger partial charge in [0.2, 0.25) is 0 Å². The van der Waals surface area contributed by atoms with Crippen LogP contribution >= 0.6 is 0 Å². The molecule has 0 spiro atoms. The lowest BCUT2D eigenvalue weighted by atomic mass is 10.1. The highest BCUT2D eigenvalue weighted by molar-refractivity contribution is 5.76. The Balaban J connectivity index is 2.02. The van der Waals surface area contributed by atoms with E-state index in [0.29, 0.717) is 5.56 Å². The number of para-hydroxylation sites is 2. The second-order valence-electron chi connectivity index (χ2n) is 5.52. The van der Waals surface area contributed by atoms with Gasteiger partial charge in [0.15, 0.2) is 0 Å². The Morgan fingerprint density at radius 2 is 2.00 bits per heavy atom. The number of unbranched alkanes of at least 4 members (excludes halogenated alkanes) is 1. The topological polar surface area (TPSA) is 41.6 Å². The molecule has 2 aromatic carbocycles. The van der Waals surface area contributed by atoms with Crippen molar-refractivity contribution in [3.05, 3.63) is 65.5 Å². The third kappa shape index (κ3) is 2.87. The van der Waals surface area contributed by atoms with Crippen molar-refractivity contribution in [2.24, 2.45) is 0 Å². The average molecular weight is 289 g/mol. The molecule has 0 saturated carbocycles. The number of fused-ring (bicyclic) bond motifs is 1. The van der Waals surface area contributed by atoms with E-state index >= 15 is 0 Å². The van der Waals surface area contributed by atoms with E-state index in [1.807, 2.05) is 24.3 Å². The number of imidazole rings is 1. The fourth-order valence-corrected chi connectivity index (χ4v) is 2.75. The molecule has 0 atom stereocenters. The second kappa shape index (κ2) is 6.44. The van der Waals surface area contributed by atoms with E-state index in [9.17, 15) is 0 Å². The molecule has 0 bridgehead atoms. The minimum absolute atomic E-state index is 0.706. The number of nitriles is 1. The Hall–Kier alpha value is -2.60. The van der Waals surface area contributed by atoms with Crippen LogP contribution in [0.4, 0.5) is 0 Å². The maximum atomic E-state index is 9.06. The molecular weight excluding hydrogens is 270 g/mol. The Bertz CT molecular complexity index is 824. The van der Waals surface area contributed by atoms with Gasteiger partial charge in [-0.3, -0.25) is 0 Å². The molecule has 22 heavy (non-hydrogen) atoms. The predicted octanol–water partition coefficient (Wildman–Crippen LogP) is 4.30. The van der Waals surface area contributed by atoms with Crippen LogP contribution in [-0.4, -0.2) is 9.55 Å². The summed E-state index contributed by atoms with van der Waals surface area (Å²) in [6.45, 7) is 2.96. The van der Waals surface area contributed by atoms with E-state index < -0.39 is 0 Å². The summed E-state index contributed by atoms with van der Waals surface area (Å²) in [5, 5.41) is 9.06. The Kier molecular flexibility index (Phi) is 4.20. The normalized spacial score (nSPS) is 10.7. The van der Waals surface area contributed by atoms with Crippen LogP contribution in [0.3, 0.4) is 0 Å². The van der Waals surface area contributed by atoms with Crippen LogP contribution in [0.2, 0.25) is 0 Å². The molecule has 3 heteroatoms. The van der Waals surface area contributed by atoms with Crippen LogP contribution in [0.25, 0.3) is 11.0 Å². The quantitative estimate of drug-likeness (QED) is 0.702. The molecule has 3 aromatic rings. The molecule has 0 radical (unpaired) electrons. The Labute approximate surface area is 130 Å². The molecule has 0 fully saturated rings. The van der Waals surface area contributed by atoms with Gasteiger partial charge in [-0.1, -0.05) is 37.6 Å². The van der Waals surface area contributed by atoms with E-state index in [-0.39, 0.29) is 0 Å². The first-order valence-corrected chi connectivity index (χ1v) is 7.75. The molecule has 0 N–H and O–H groups in total. The van der Waals surface area contributed by atoms with Crippen LogP contribution in [0.1, 0.15) is 36.7 Å². The lowest BCUT2D eigenvalue weighted by molar-refractivity contribution is 0.690. The van der Waals surface area contributed by atoms with Crippen molar-refractivity contribution in [1.82, 2.24) is 9.55 Å². The fraction of sp³-hybridized carbons (Fsp3) is 0.263. The van der Waals surface area contributed by atoms with Crippen molar-refractivity contribution < 1.29 is 0 Å². The Morgan fingerprint density at radius 1 is 1.14 bits per heavy atom. The van der Waals surface area contributed by atoms with E-state index in [1.165, 1.54) is 0 Å². The van der Waals surface area contributed by atoms with Crippen molar-refractivity contribution in [2.75, 3.05) is 0 Å². The molecule has 3 rings (SSSR count). The van der Waals surface area contributed by atoms with Gasteiger partial charge < -0.3 is 4.57 Å². The summed E-state index contributed by atoms with van der Waals surface area (Å²) in [5.41, 5.74) is 4.05. The zero-order valence-corrected chi connectivity index (χ0v) is 12.8. The smallest absolute Gasteiger partial charge is 0.110 e. The van der Waals surface area contributed by atoms with Crippen molar-refractivity contribution in [3.63, 3.8) is 0 Å². The summed E-state index contributed by atoms with van der Waals surface area (Å²) in [7, 11) is 0. The van der Waals surface area contributed by atoms with Crippen molar-refractivity contribution >= 4 is 11.0 Å². The van der Waals surface area contributed by atoms with Gasteiger partial charge in [-0.2, -0.15) is 5.26 Å². The first-order chi connectivity index (χ1) is 10.8. The van der Waals surface area contributed by atoms with Crippen molar-refractivity contribution in [1.29, 1.82) is 5.26 Å². The van der Waals surface area contributed by atoms with Crippen LogP contribution in [0.15, 0.2) is 48.5 Å². The molecular formula is C19H19N3. The lowest BCUT2D eigenvalue weighted by Gasteiger charge is -2.09. The number of aryl methyl sites for hydroxylation is 1. The monoisotopic (exact) mass is 289 g/mol. The molecule has 0 unspecified atom stereocenters. The maximum absolute atomic E-state index is 9.06. The largest absolute Gasteiger partial charge is 0.323 e. The summed E-state index contributed by atoms with van der Waals surface area (Å²) in [6.07, 6.45) is 3.29. The number of aromatic nitrogens is 2. The zero-order chi connectivity index (χ0) is 15.4. The molecule has 3 nitrogen and oxygen atoms in total. The predicted molar refractivity (Wildman–Crippen MR) is 88.6 cm³/mol. The standard InChI is InChI=1S/C19H19N3/c1-2-3-11-19-21-17-9-4-5-10-18(17)22(19)14-16-8-6-7-15(12-16)13-20/h4-10,12H,2-3,11,14H2,1H3. The van der Waals surface area contributed by atoms with Crippen molar-refractivity contribution in [3.8, 4) is 6.07 Å². The number of hydrogen-bond donors (Lipinski definition) is 0. The number of hydrogen-bond acceptors (Lipinski definition) is 2. The van der Waals surface area contributed by atoms with E-state index in [1.54, 1.807) is 0 Å². The Morgan fingerprint density at radius 3 is 2.82 bits per heavy atom. The van der Waals surface area contributed by atoms with Crippen LogP contribution in [0.5, 0.6) is 0 Å².